The highest BCUT2D eigenvalue weighted by Gasteiger charge is 2.11. The lowest BCUT2D eigenvalue weighted by Crippen LogP contribution is -2.03. The molecule has 0 aliphatic heterocycles. The van der Waals surface area contributed by atoms with E-state index in [1.165, 1.54) is 6.92 Å². The zero-order valence-electron chi connectivity index (χ0n) is 5.19. The molecule has 0 rings (SSSR count). The summed E-state index contributed by atoms with van der Waals surface area (Å²) in [7, 11) is 0. The molecule has 2 N–H and O–H groups in total. The van der Waals surface area contributed by atoms with Crippen molar-refractivity contribution in [1.29, 1.82) is 0 Å². The van der Waals surface area contributed by atoms with Crippen LogP contribution < -0.4 is 0 Å². The van der Waals surface area contributed by atoms with E-state index in [1.807, 2.05) is 0 Å². The second kappa shape index (κ2) is 6.77. The van der Waals surface area contributed by atoms with Crippen LogP contribution in [0.25, 0.3) is 0 Å². The van der Waals surface area contributed by atoms with Gasteiger partial charge in [0.05, 0.1) is 12.7 Å². The molecule has 6 heteroatoms. The van der Waals surface area contributed by atoms with Crippen molar-refractivity contribution in [3.8, 4) is 0 Å². The van der Waals surface area contributed by atoms with E-state index in [9.17, 15) is 0 Å². The number of hydrogen-bond donors (Lipinski definition) is 2. The SMILES string of the molecule is CC(O)CO.ClC(Cl)(Cl)Cl. The molecule has 0 saturated carbocycles. The molecular weight excluding hydrogens is 222 g/mol. The Morgan fingerprint density at radius 2 is 1.40 bits per heavy atom. The Balaban J connectivity index is 0. The maximum atomic E-state index is 8.11. The van der Waals surface area contributed by atoms with Crippen LogP contribution in [0, 0.1) is 0 Å². The van der Waals surface area contributed by atoms with E-state index in [-0.39, 0.29) is 6.61 Å². The molecule has 2 nitrogen and oxygen atoms in total. The van der Waals surface area contributed by atoms with Gasteiger partial charge in [-0.15, -0.1) is 0 Å². The molecule has 10 heavy (non-hydrogen) atoms. The van der Waals surface area contributed by atoms with Gasteiger partial charge in [0.15, 0.2) is 0 Å². The fraction of sp³-hybridized carbons (Fsp3) is 1.00. The highest BCUT2D eigenvalue weighted by molar-refractivity contribution is 6.83. The lowest BCUT2D eigenvalue weighted by atomic mass is 10.5. The Labute approximate surface area is 79.6 Å². The van der Waals surface area contributed by atoms with Crippen molar-refractivity contribution in [1.82, 2.24) is 0 Å². The van der Waals surface area contributed by atoms with Crippen LogP contribution >= 0.6 is 46.4 Å². The van der Waals surface area contributed by atoms with Crippen molar-refractivity contribution in [2.75, 3.05) is 6.61 Å². The molecule has 0 saturated heterocycles. The van der Waals surface area contributed by atoms with Crippen molar-refractivity contribution in [3.63, 3.8) is 0 Å². The van der Waals surface area contributed by atoms with Gasteiger partial charge < -0.3 is 10.2 Å². The van der Waals surface area contributed by atoms with Crippen LogP contribution in [-0.4, -0.2) is 26.2 Å². The van der Waals surface area contributed by atoms with Gasteiger partial charge in [-0.25, -0.2) is 0 Å². The molecule has 64 valence electrons. The Morgan fingerprint density at radius 3 is 1.40 bits per heavy atom. The largest absolute Gasteiger partial charge is 0.394 e. The third kappa shape index (κ3) is 62.5. The Morgan fingerprint density at radius 1 is 1.30 bits per heavy atom. The second-order valence-electron chi connectivity index (χ2n) is 1.46. The molecule has 0 aromatic carbocycles. The molecule has 0 radical (unpaired) electrons. The summed E-state index contributed by atoms with van der Waals surface area (Å²) in [5.41, 5.74) is 0. The molecule has 0 fully saturated rings. The standard InChI is InChI=1S/C3H8O2.CCl4/c1-3(5)2-4;2-1(3,4)5/h3-5H,2H2,1H3;. The summed E-state index contributed by atoms with van der Waals surface area (Å²) in [6.45, 7) is 1.39. The first-order chi connectivity index (χ1) is 4.27. The van der Waals surface area contributed by atoms with Gasteiger partial charge in [-0.3, -0.25) is 0 Å². The summed E-state index contributed by atoms with van der Waals surface area (Å²) < 4.78 is -1.61. The molecule has 1 unspecified atom stereocenters. The van der Waals surface area contributed by atoms with Gasteiger partial charge in [-0.2, -0.15) is 0 Å². The minimum absolute atomic E-state index is 0.139. The first kappa shape index (κ1) is 13.7. The van der Waals surface area contributed by atoms with Crippen LogP contribution in [0.2, 0.25) is 0 Å². The van der Waals surface area contributed by atoms with E-state index in [4.69, 9.17) is 56.6 Å². The van der Waals surface area contributed by atoms with Crippen molar-refractivity contribution in [2.45, 2.75) is 16.3 Å². The smallest absolute Gasteiger partial charge is 0.266 e. The van der Waals surface area contributed by atoms with E-state index in [0.29, 0.717) is 0 Å². The molecule has 0 aliphatic carbocycles. The van der Waals surface area contributed by atoms with Crippen LogP contribution in [0.1, 0.15) is 6.92 Å². The predicted octanol–water partition coefficient (Wildman–Crippen LogP) is 1.91. The number of aliphatic hydroxyl groups is 2. The van der Waals surface area contributed by atoms with Gasteiger partial charge >= 0.3 is 0 Å². The molecule has 0 amide bonds. The fourth-order valence-corrected chi connectivity index (χ4v) is 0. The average molecular weight is 230 g/mol. The van der Waals surface area contributed by atoms with E-state index in [1.54, 1.807) is 0 Å². The lowest BCUT2D eigenvalue weighted by molar-refractivity contribution is 0.110. The number of halogens is 4. The Hall–Kier alpha value is 1.08. The van der Waals surface area contributed by atoms with Crippen LogP contribution in [-0.2, 0) is 0 Å². The first-order valence-electron chi connectivity index (χ1n) is 2.32. The Bertz CT molecular complexity index is 64.1. The summed E-state index contributed by atoms with van der Waals surface area (Å²) in [5.74, 6) is 0. The fourth-order valence-electron chi connectivity index (χ4n) is 0. The summed E-state index contributed by atoms with van der Waals surface area (Å²) >= 11 is 19.3. The number of aliphatic hydroxyl groups excluding tert-OH is 2. The summed E-state index contributed by atoms with van der Waals surface area (Å²) in [6.07, 6.45) is -0.560. The molecule has 0 heterocycles. The van der Waals surface area contributed by atoms with E-state index >= 15 is 0 Å². The number of hydrogen-bond acceptors (Lipinski definition) is 2. The normalized spacial score (nSPS) is 13.5. The zero-order valence-corrected chi connectivity index (χ0v) is 8.21. The summed E-state index contributed by atoms with van der Waals surface area (Å²) in [5, 5.41) is 16.0. The van der Waals surface area contributed by atoms with Gasteiger partial charge in [-0.1, -0.05) is 46.4 Å². The number of alkyl halides is 4. The Kier molecular flexibility index (Phi) is 9.24. The van der Waals surface area contributed by atoms with Crippen LogP contribution in [0.15, 0.2) is 0 Å². The van der Waals surface area contributed by atoms with E-state index in [2.05, 4.69) is 0 Å². The molecule has 0 spiro atoms. The van der Waals surface area contributed by atoms with Crippen molar-refractivity contribution >= 4 is 46.4 Å². The lowest BCUT2D eigenvalue weighted by Gasteiger charge is -1.91. The third-order valence-electron chi connectivity index (χ3n) is 0.264. The topological polar surface area (TPSA) is 40.5 Å². The molecule has 1 atom stereocenters. The van der Waals surface area contributed by atoms with Crippen molar-refractivity contribution < 1.29 is 10.2 Å². The minimum Gasteiger partial charge on any atom is -0.394 e. The van der Waals surface area contributed by atoms with Gasteiger partial charge in [0, 0.05) is 0 Å². The van der Waals surface area contributed by atoms with Crippen LogP contribution in [0.4, 0.5) is 0 Å². The van der Waals surface area contributed by atoms with Crippen molar-refractivity contribution in [3.05, 3.63) is 0 Å². The van der Waals surface area contributed by atoms with Gasteiger partial charge in [0.2, 0.25) is 0 Å². The summed E-state index contributed by atoms with van der Waals surface area (Å²) in [6, 6.07) is 0. The maximum Gasteiger partial charge on any atom is 0.266 e. The molecule has 0 aromatic heterocycles. The van der Waals surface area contributed by atoms with Gasteiger partial charge in [-0.05, 0) is 6.92 Å². The number of rotatable bonds is 1. The maximum absolute atomic E-state index is 8.11. The van der Waals surface area contributed by atoms with Gasteiger partial charge in [0.1, 0.15) is 0 Å². The average Bonchev–Trinajstić information content (AvgIpc) is 1.61. The third-order valence-corrected chi connectivity index (χ3v) is 0.264. The van der Waals surface area contributed by atoms with Gasteiger partial charge in [0.25, 0.3) is 3.25 Å². The van der Waals surface area contributed by atoms with E-state index < -0.39 is 9.36 Å². The monoisotopic (exact) mass is 228 g/mol. The summed E-state index contributed by atoms with van der Waals surface area (Å²) in [4.78, 5) is 0. The van der Waals surface area contributed by atoms with Crippen molar-refractivity contribution in [2.24, 2.45) is 0 Å². The highest BCUT2D eigenvalue weighted by atomic mass is 35.6. The minimum atomic E-state index is -1.61. The first-order valence-corrected chi connectivity index (χ1v) is 3.83. The zero-order chi connectivity index (χ0) is 8.78. The molecule has 0 aromatic rings. The molecule has 0 aliphatic rings. The highest BCUT2D eigenvalue weighted by Crippen LogP contribution is 2.29. The molecular formula is C4H8Cl4O2. The van der Waals surface area contributed by atoms with E-state index in [0.717, 1.165) is 0 Å². The quantitative estimate of drug-likeness (QED) is 0.675. The molecule has 0 bridgehead atoms. The predicted molar refractivity (Wildman–Crippen MR) is 44.9 cm³/mol. The van der Waals surface area contributed by atoms with Crippen LogP contribution in [0.3, 0.4) is 0 Å². The van der Waals surface area contributed by atoms with Crippen LogP contribution in [0.5, 0.6) is 0 Å². The second-order valence-corrected chi connectivity index (χ2v) is 4.89.